The molecule has 2 heteroatoms. The molecule has 0 aromatic carbocycles. The SMILES string of the molecule is CCC(C)(C)C(=O)OCCCCCCC(C)(C)C. The van der Waals surface area contributed by atoms with Crippen molar-refractivity contribution in [2.24, 2.45) is 10.8 Å². The van der Waals surface area contributed by atoms with Crippen molar-refractivity contribution in [3.63, 3.8) is 0 Å². The van der Waals surface area contributed by atoms with E-state index in [1.54, 1.807) is 0 Å². The molecule has 18 heavy (non-hydrogen) atoms. The largest absolute Gasteiger partial charge is 0.465 e. The molecule has 0 aromatic rings. The summed E-state index contributed by atoms with van der Waals surface area (Å²) in [5, 5.41) is 0. The fourth-order valence-corrected chi connectivity index (χ4v) is 1.62. The van der Waals surface area contributed by atoms with Crippen molar-refractivity contribution >= 4 is 5.97 Å². The van der Waals surface area contributed by atoms with E-state index >= 15 is 0 Å². The Hall–Kier alpha value is -0.530. The minimum atomic E-state index is -0.327. The van der Waals surface area contributed by atoms with Crippen LogP contribution in [0.3, 0.4) is 0 Å². The molecule has 0 saturated carbocycles. The molecule has 0 amide bonds. The van der Waals surface area contributed by atoms with E-state index in [2.05, 4.69) is 20.8 Å². The van der Waals surface area contributed by atoms with Crippen LogP contribution in [0.2, 0.25) is 0 Å². The van der Waals surface area contributed by atoms with Crippen LogP contribution < -0.4 is 0 Å². The molecule has 0 fully saturated rings. The Bertz CT molecular complexity index is 236. The minimum Gasteiger partial charge on any atom is -0.465 e. The molecule has 0 aliphatic carbocycles. The zero-order valence-electron chi connectivity index (χ0n) is 13.3. The normalized spacial score (nSPS) is 12.6. The number of hydrogen-bond donors (Lipinski definition) is 0. The summed E-state index contributed by atoms with van der Waals surface area (Å²) in [5.74, 6) is -0.0558. The first kappa shape index (κ1) is 17.5. The summed E-state index contributed by atoms with van der Waals surface area (Å²) in [6.07, 6.45) is 6.78. The first-order valence-electron chi connectivity index (χ1n) is 7.36. The molecule has 0 heterocycles. The molecule has 0 bridgehead atoms. The molecular weight excluding hydrogens is 224 g/mol. The van der Waals surface area contributed by atoms with Crippen LogP contribution in [0, 0.1) is 10.8 Å². The van der Waals surface area contributed by atoms with E-state index in [0.717, 1.165) is 19.3 Å². The molecule has 0 aliphatic rings. The predicted molar refractivity (Wildman–Crippen MR) is 77.6 cm³/mol. The maximum absolute atomic E-state index is 11.7. The van der Waals surface area contributed by atoms with Crippen molar-refractivity contribution in [2.75, 3.05) is 6.61 Å². The van der Waals surface area contributed by atoms with Crippen LogP contribution in [0.5, 0.6) is 0 Å². The zero-order valence-corrected chi connectivity index (χ0v) is 13.3. The van der Waals surface area contributed by atoms with Crippen LogP contribution in [0.15, 0.2) is 0 Å². The second-order valence-corrected chi connectivity index (χ2v) is 7.10. The van der Waals surface area contributed by atoms with E-state index in [-0.39, 0.29) is 11.4 Å². The van der Waals surface area contributed by atoms with Gasteiger partial charge in [-0.1, -0.05) is 47.0 Å². The summed E-state index contributed by atoms with van der Waals surface area (Å²) in [5.41, 5.74) is 0.115. The van der Waals surface area contributed by atoms with E-state index in [1.807, 2.05) is 20.8 Å². The standard InChI is InChI=1S/C16H32O2/c1-7-16(5,6)14(17)18-13-11-9-8-10-12-15(2,3)4/h7-13H2,1-6H3. The fraction of sp³-hybridized carbons (Fsp3) is 0.938. The van der Waals surface area contributed by atoms with Crippen molar-refractivity contribution < 1.29 is 9.53 Å². The number of hydrogen-bond acceptors (Lipinski definition) is 2. The molecule has 0 spiro atoms. The van der Waals surface area contributed by atoms with Crippen LogP contribution in [0.4, 0.5) is 0 Å². The summed E-state index contributed by atoms with van der Waals surface area (Å²) >= 11 is 0. The molecular formula is C16H32O2. The van der Waals surface area contributed by atoms with Gasteiger partial charge in [-0.3, -0.25) is 4.79 Å². The Morgan fingerprint density at radius 3 is 2.00 bits per heavy atom. The first-order valence-corrected chi connectivity index (χ1v) is 7.36. The number of carbonyl (C=O) groups excluding carboxylic acids is 1. The van der Waals surface area contributed by atoms with Crippen LogP contribution in [-0.4, -0.2) is 12.6 Å². The Kier molecular flexibility index (Phi) is 7.58. The van der Waals surface area contributed by atoms with Crippen molar-refractivity contribution in [1.29, 1.82) is 0 Å². The highest BCUT2D eigenvalue weighted by Gasteiger charge is 2.26. The number of carbonyl (C=O) groups is 1. The van der Waals surface area contributed by atoms with Gasteiger partial charge in [0.15, 0.2) is 0 Å². The van der Waals surface area contributed by atoms with Gasteiger partial charge in [-0.2, -0.15) is 0 Å². The minimum absolute atomic E-state index is 0.0558. The quantitative estimate of drug-likeness (QED) is 0.453. The van der Waals surface area contributed by atoms with Gasteiger partial charge in [-0.25, -0.2) is 0 Å². The van der Waals surface area contributed by atoms with Gasteiger partial charge in [-0.05, 0) is 38.5 Å². The van der Waals surface area contributed by atoms with Gasteiger partial charge in [0.05, 0.1) is 12.0 Å². The van der Waals surface area contributed by atoms with Crippen molar-refractivity contribution in [1.82, 2.24) is 0 Å². The molecule has 0 N–H and O–H groups in total. The molecule has 0 aliphatic heterocycles. The van der Waals surface area contributed by atoms with E-state index in [4.69, 9.17) is 4.74 Å². The predicted octanol–water partition coefficient (Wildman–Crippen LogP) is 4.96. The van der Waals surface area contributed by atoms with Crippen LogP contribution >= 0.6 is 0 Å². The third kappa shape index (κ3) is 8.54. The highest BCUT2D eigenvalue weighted by atomic mass is 16.5. The molecule has 0 saturated heterocycles. The Labute approximate surface area is 113 Å². The van der Waals surface area contributed by atoms with Crippen molar-refractivity contribution in [3.8, 4) is 0 Å². The molecule has 0 rings (SSSR count). The van der Waals surface area contributed by atoms with Gasteiger partial charge in [0.1, 0.15) is 0 Å². The van der Waals surface area contributed by atoms with Gasteiger partial charge in [0.25, 0.3) is 0 Å². The lowest BCUT2D eigenvalue weighted by Crippen LogP contribution is -2.26. The number of unbranched alkanes of at least 4 members (excludes halogenated alkanes) is 3. The average Bonchev–Trinajstić information content (AvgIpc) is 2.25. The third-order valence-electron chi connectivity index (χ3n) is 3.49. The lowest BCUT2D eigenvalue weighted by Gasteiger charge is -2.20. The summed E-state index contributed by atoms with van der Waals surface area (Å²) in [7, 11) is 0. The van der Waals surface area contributed by atoms with Crippen molar-refractivity contribution in [3.05, 3.63) is 0 Å². The monoisotopic (exact) mass is 256 g/mol. The lowest BCUT2D eigenvalue weighted by molar-refractivity contribution is -0.154. The molecule has 0 radical (unpaired) electrons. The fourth-order valence-electron chi connectivity index (χ4n) is 1.62. The van der Waals surface area contributed by atoms with Crippen molar-refractivity contribution in [2.45, 2.75) is 80.1 Å². The summed E-state index contributed by atoms with van der Waals surface area (Å²) in [6, 6.07) is 0. The average molecular weight is 256 g/mol. The molecule has 0 unspecified atom stereocenters. The molecule has 0 aromatic heterocycles. The number of esters is 1. The lowest BCUT2D eigenvalue weighted by atomic mass is 9.89. The third-order valence-corrected chi connectivity index (χ3v) is 3.49. The van der Waals surface area contributed by atoms with Gasteiger partial charge >= 0.3 is 5.97 Å². The second-order valence-electron chi connectivity index (χ2n) is 7.10. The highest BCUT2D eigenvalue weighted by molar-refractivity contribution is 5.75. The van der Waals surface area contributed by atoms with Crippen LogP contribution in [-0.2, 0) is 9.53 Å². The smallest absolute Gasteiger partial charge is 0.311 e. The topological polar surface area (TPSA) is 26.3 Å². The van der Waals surface area contributed by atoms with E-state index in [0.29, 0.717) is 12.0 Å². The molecule has 2 nitrogen and oxygen atoms in total. The summed E-state index contributed by atoms with van der Waals surface area (Å²) in [4.78, 5) is 11.7. The van der Waals surface area contributed by atoms with Gasteiger partial charge < -0.3 is 4.74 Å². The van der Waals surface area contributed by atoms with Gasteiger partial charge in [-0.15, -0.1) is 0 Å². The maximum Gasteiger partial charge on any atom is 0.311 e. The zero-order chi connectivity index (χ0) is 14.2. The van der Waals surface area contributed by atoms with E-state index < -0.39 is 0 Å². The van der Waals surface area contributed by atoms with Crippen LogP contribution in [0.1, 0.15) is 80.1 Å². The number of ether oxygens (including phenoxy) is 1. The van der Waals surface area contributed by atoms with Crippen LogP contribution in [0.25, 0.3) is 0 Å². The Balaban J connectivity index is 3.50. The van der Waals surface area contributed by atoms with E-state index in [1.165, 1.54) is 19.3 Å². The van der Waals surface area contributed by atoms with Gasteiger partial charge in [0, 0.05) is 0 Å². The summed E-state index contributed by atoms with van der Waals surface area (Å²) in [6.45, 7) is 13.3. The number of rotatable bonds is 8. The Morgan fingerprint density at radius 2 is 1.50 bits per heavy atom. The Morgan fingerprint density at radius 1 is 0.944 bits per heavy atom. The molecule has 108 valence electrons. The maximum atomic E-state index is 11.7. The van der Waals surface area contributed by atoms with E-state index in [9.17, 15) is 4.79 Å². The summed E-state index contributed by atoms with van der Waals surface area (Å²) < 4.78 is 5.31. The first-order chi connectivity index (χ1) is 8.19. The van der Waals surface area contributed by atoms with Gasteiger partial charge in [0.2, 0.25) is 0 Å². The molecule has 0 atom stereocenters. The second kappa shape index (κ2) is 7.81. The highest BCUT2D eigenvalue weighted by Crippen LogP contribution is 2.23.